The summed E-state index contributed by atoms with van der Waals surface area (Å²) in [4.78, 5) is 8.43. The summed E-state index contributed by atoms with van der Waals surface area (Å²) < 4.78 is 37.9. The zero-order valence-corrected chi connectivity index (χ0v) is 13.7. The molecule has 2 atom stereocenters. The van der Waals surface area contributed by atoms with Crippen molar-refractivity contribution >= 4 is 5.82 Å². The predicted octanol–water partition coefficient (Wildman–Crippen LogP) is 2.63. The molecule has 2 aliphatic rings. The third-order valence-corrected chi connectivity index (χ3v) is 5.15. The number of anilines is 1. The lowest BCUT2D eigenvalue weighted by atomic mass is 9.95. The van der Waals surface area contributed by atoms with Crippen molar-refractivity contribution in [1.82, 2.24) is 9.88 Å². The van der Waals surface area contributed by atoms with E-state index >= 15 is 0 Å². The largest absolute Gasteiger partial charge is 0.417 e. The van der Waals surface area contributed by atoms with Crippen LogP contribution in [-0.4, -0.2) is 54.3 Å². The normalized spacial score (nSPS) is 26.1. The van der Waals surface area contributed by atoms with Crippen LogP contribution in [0.5, 0.6) is 0 Å². The van der Waals surface area contributed by atoms with Crippen LogP contribution in [0, 0.1) is 11.8 Å². The molecule has 2 aliphatic heterocycles. The summed E-state index contributed by atoms with van der Waals surface area (Å²) >= 11 is 0. The molecule has 0 aromatic carbocycles. The number of hydrogen-bond donors (Lipinski definition) is 1. The number of pyridine rings is 1. The van der Waals surface area contributed by atoms with Gasteiger partial charge in [-0.25, -0.2) is 4.98 Å². The number of alkyl halides is 3. The van der Waals surface area contributed by atoms with Crippen LogP contribution in [0.3, 0.4) is 0 Å². The van der Waals surface area contributed by atoms with Crippen LogP contribution in [-0.2, 0) is 6.18 Å². The Morgan fingerprint density at radius 2 is 1.79 bits per heavy atom. The maximum Gasteiger partial charge on any atom is 0.417 e. The first-order valence-corrected chi connectivity index (χ1v) is 8.59. The van der Waals surface area contributed by atoms with Crippen LogP contribution in [0.1, 0.15) is 24.8 Å². The van der Waals surface area contributed by atoms with E-state index in [0.717, 1.165) is 38.4 Å². The van der Waals surface area contributed by atoms with E-state index in [-0.39, 0.29) is 12.5 Å². The standard InChI is InChI=1S/C17H24F3N3O/c18-17(19,20)15-4-5-16(21-8-15)23-10-13(14(11-23)12-24)9-22-6-2-1-3-7-22/h4-5,8,13-14,24H,1-3,6-7,9-12H2/t13-,14-/m1/s1. The SMILES string of the molecule is OC[C@H]1CN(c2ccc(C(F)(F)F)cn2)C[C@H]1CN1CCCCC1. The molecule has 1 aromatic heterocycles. The third-order valence-electron chi connectivity index (χ3n) is 5.15. The van der Waals surface area contributed by atoms with Crippen molar-refractivity contribution in [2.24, 2.45) is 11.8 Å². The maximum atomic E-state index is 12.6. The van der Waals surface area contributed by atoms with Crippen LogP contribution >= 0.6 is 0 Å². The van der Waals surface area contributed by atoms with Gasteiger partial charge in [-0.3, -0.25) is 0 Å². The van der Waals surface area contributed by atoms with Gasteiger partial charge in [0.05, 0.1) is 5.56 Å². The van der Waals surface area contributed by atoms with Crippen LogP contribution in [0.4, 0.5) is 19.0 Å². The van der Waals surface area contributed by atoms with E-state index in [1.54, 1.807) is 0 Å². The third kappa shape index (κ3) is 4.00. The van der Waals surface area contributed by atoms with Crippen molar-refractivity contribution in [3.05, 3.63) is 23.9 Å². The molecule has 0 saturated carbocycles. The van der Waals surface area contributed by atoms with Crippen LogP contribution in [0.2, 0.25) is 0 Å². The van der Waals surface area contributed by atoms with Crippen molar-refractivity contribution in [1.29, 1.82) is 0 Å². The van der Waals surface area contributed by atoms with Gasteiger partial charge in [-0.15, -0.1) is 0 Å². The van der Waals surface area contributed by atoms with Gasteiger partial charge in [-0.2, -0.15) is 13.2 Å². The molecule has 2 saturated heterocycles. The Hall–Kier alpha value is -1.34. The van der Waals surface area contributed by atoms with E-state index in [4.69, 9.17) is 0 Å². The fourth-order valence-electron chi connectivity index (χ4n) is 3.75. The van der Waals surface area contributed by atoms with E-state index in [2.05, 4.69) is 9.88 Å². The molecule has 3 rings (SSSR count). The Labute approximate surface area is 140 Å². The van der Waals surface area contributed by atoms with Gasteiger partial charge in [0.1, 0.15) is 5.82 Å². The number of hydrogen-bond acceptors (Lipinski definition) is 4. The molecule has 2 fully saturated rings. The number of aliphatic hydroxyl groups excluding tert-OH is 1. The summed E-state index contributed by atoms with van der Waals surface area (Å²) in [5.74, 6) is 1.04. The highest BCUT2D eigenvalue weighted by atomic mass is 19.4. The first kappa shape index (κ1) is 17.5. The Bertz CT molecular complexity index is 529. The minimum absolute atomic E-state index is 0.107. The molecule has 4 nitrogen and oxygen atoms in total. The molecule has 3 heterocycles. The molecule has 0 amide bonds. The Balaban J connectivity index is 1.64. The smallest absolute Gasteiger partial charge is 0.396 e. The molecule has 0 spiro atoms. The molecule has 1 N–H and O–H groups in total. The fourth-order valence-corrected chi connectivity index (χ4v) is 3.75. The van der Waals surface area contributed by atoms with E-state index in [9.17, 15) is 18.3 Å². The summed E-state index contributed by atoms with van der Waals surface area (Å²) in [7, 11) is 0. The zero-order valence-electron chi connectivity index (χ0n) is 13.7. The fraction of sp³-hybridized carbons (Fsp3) is 0.706. The summed E-state index contributed by atoms with van der Waals surface area (Å²) in [6.45, 7) is 4.64. The minimum Gasteiger partial charge on any atom is -0.396 e. The molecule has 1 aromatic rings. The first-order valence-electron chi connectivity index (χ1n) is 8.59. The first-order chi connectivity index (χ1) is 11.5. The second-order valence-electron chi connectivity index (χ2n) is 6.87. The van der Waals surface area contributed by atoms with Gasteiger partial charge >= 0.3 is 6.18 Å². The maximum absolute atomic E-state index is 12.6. The Morgan fingerprint density at radius 1 is 1.08 bits per heavy atom. The molecular weight excluding hydrogens is 319 g/mol. The monoisotopic (exact) mass is 343 g/mol. The molecule has 0 aliphatic carbocycles. The lowest BCUT2D eigenvalue weighted by molar-refractivity contribution is -0.137. The number of aromatic nitrogens is 1. The van der Waals surface area contributed by atoms with Crippen LogP contribution in [0.25, 0.3) is 0 Å². The Morgan fingerprint density at radius 3 is 2.38 bits per heavy atom. The van der Waals surface area contributed by atoms with Gasteiger partial charge in [-0.1, -0.05) is 6.42 Å². The summed E-state index contributed by atoms with van der Waals surface area (Å²) in [6.07, 6.45) is 0.260. The molecule has 134 valence electrons. The van der Waals surface area contributed by atoms with Crippen LogP contribution < -0.4 is 4.90 Å². The average molecular weight is 343 g/mol. The summed E-state index contributed by atoms with van der Waals surface area (Å²) in [5, 5.41) is 9.67. The molecule has 24 heavy (non-hydrogen) atoms. The molecule has 7 heteroatoms. The minimum atomic E-state index is -4.36. The molecule has 0 unspecified atom stereocenters. The van der Waals surface area contributed by atoms with Gasteiger partial charge < -0.3 is 14.9 Å². The van der Waals surface area contributed by atoms with Gasteiger partial charge in [0, 0.05) is 38.4 Å². The van der Waals surface area contributed by atoms with Crippen molar-refractivity contribution < 1.29 is 18.3 Å². The number of likely N-dealkylation sites (tertiary alicyclic amines) is 1. The Kier molecular flexibility index (Phi) is 5.30. The van der Waals surface area contributed by atoms with Crippen molar-refractivity contribution in [2.75, 3.05) is 44.2 Å². The quantitative estimate of drug-likeness (QED) is 0.912. The molecule has 0 radical (unpaired) electrons. The highest BCUT2D eigenvalue weighted by molar-refractivity contribution is 5.41. The topological polar surface area (TPSA) is 39.6 Å². The summed E-state index contributed by atoms with van der Waals surface area (Å²) in [5.41, 5.74) is -0.728. The zero-order chi connectivity index (χ0) is 17.2. The predicted molar refractivity (Wildman–Crippen MR) is 85.8 cm³/mol. The number of piperidine rings is 1. The van der Waals surface area contributed by atoms with Crippen LogP contribution in [0.15, 0.2) is 18.3 Å². The van der Waals surface area contributed by atoms with Crippen molar-refractivity contribution in [2.45, 2.75) is 25.4 Å². The van der Waals surface area contributed by atoms with E-state index < -0.39 is 11.7 Å². The highest BCUT2D eigenvalue weighted by Crippen LogP contribution is 2.32. The van der Waals surface area contributed by atoms with Gasteiger partial charge in [0.25, 0.3) is 0 Å². The highest BCUT2D eigenvalue weighted by Gasteiger charge is 2.35. The molecule has 0 bridgehead atoms. The molecular formula is C17H24F3N3O. The van der Waals surface area contributed by atoms with E-state index in [1.165, 1.54) is 25.3 Å². The van der Waals surface area contributed by atoms with E-state index in [1.807, 2.05) is 4.90 Å². The van der Waals surface area contributed by atoms with Gasteiger partial charge in [-0.05, 0) is 44.0 Å². The van der Waals surface area contributed by atoms with E-state index in [0.29, 0.717) is 18.3 Å². The summed E-state index contributed by atoms with van der Waals surface area (Å²) in [6, 6.07) is 2.51. The van der Waals surface area contributed by atoms with Crippen molar-refractivity contribution in [3.8, 4) is 0 Å². The second-order valence-corrected chi connectivity index (χ2v) is 6.87. The van der Waals surface area contributed by atoms with Crippen molar-refractivity contribution in [3.63, 3.8) is 0 Å². The van der Waals surface area contributed by atoms with Gasteiger partial charge in [0.15, 0.2) is 0 Å². The van der Waals surface area contributed by atoms with Gasteiger partial charge in [0.2, 0.25) is 0 Å². The second kappa shape index (κ2) is 7.27. The average Bonchev–Trinajstić information content (AvgIpc) is 2.98. The lowest BCUT2D eigenvalue weighted by Crippen LogP contribution is -2.37. The number of rotatable bonds is 4. The number of aliphatic hydroxyl groups is 1. The lowest BCUT2D eigenvalue weighted by Gasteiger charge is -2.30. The number of halogens is 3. The number of nitrogens with zero attached hydrogens (tertiary/aromatic N) is 3.